The summed E-state index contributed by atoms with van der Waals surface area (Å²) in [7, 11) is 0. The van der Waals surface area contributed by atoms with Gasteiger partial charge in [-0.05, 0) is 24.3 Å². The van der Waals surface area contributed by atoms with Crippen LogP contribution >= 0.6 is 11.6 Å². The van der Waals surface area contributed by atoms with Gasteiger partial charge in [-0.25, -0.2) is 4.39 Å². The van der Waals surface area contributed by atoms with Gasteiger partial charge >= 0.3 is 5.69 Å². The highest BCUT2D eigenvalue weighted by molar-refractivity contribution is 6.32. The lowest BCUT2D eigenvalue weighted by atomic mass is 10.2. The monoisotopic (exact) mass is 309 g/mol. The van der Waals surface area contributed by atoms with Crippen LogP contribution in [0.15, 0.2) is 36.4 Å². The van der Waals surface area contributed by atoms with Gasteiger partial charge in [-0.15, -0.1) is 0 Å². The van der Waals surface area contributed by atoms with Crippen LogP contribution < -0.4 is 10.5 Å². The van der Waals surface area contributed by atoms with Crippen LogP contribution in [0.4, 0.5) is 10.1 Å². The SMILES string of the molecule is N=C(N)c1cc(F)ccc1Oc1c(Cl)cccc1[N+](=O)[O-]. The van der Waals surface area contributed by atoms with Gasteiger partial charge in [0.15, 0.2) is 0 Å². The Bertz CT molecular complexity index is 737. The number of nitrogens with zero attached hydrogens (tertiary/aromatic N) is 1. The number of hydrogen-bond acceptors (Lipinski definition) is 4. The summed E-state index contributed by atoms with van der Waals surface area (Å²) in [6, 6.07) is 7.35. The number of para-hydroxylation sites is 1. The van der Waals surface area contributed by atoms with Crippen molar-refractivity contribution in [2.45, 2.75) is 0 Å². The van der Waals surface area contributed by atoms with E-state index < -0.39 is 16.6 Å². The summed E-state index contributed by atoms with van der Waals surface area (Å²) < 4.78 is 18.6. The van der Waals surface area contributed by atoms with E-state index in [-0.39, 0.29) is 27.8 Å². The number of nitrogen functional groups attached to an aromatic ring is 1. The summed E-state index contributed by atoms with van der Waals surface area (Å²) in [6.45, 7) is 0. The molecule has 0 fully saturated rings. The van der Waals surface area contributed by atoms with Gasteiger partial charge in [0.1, 0.15) is 17.4 Å². The molecule has 0 aromatic heterocycles. The van der Waals surface area contributed by atoms with Crippen molar-refractivity contribution >= 4 is 23.1 Å². The van der Waals surface area contributed by atoms with Gasteiger partial charge in [0.05, 0.1) is 15.5 Å². The van der Waals surface area contributed by atoms with Crippen LogP contribution in [-0.4, -0.2) is 10.8 Å². The van der Waals surface area contributed by atoms with Crippen molar-refractivity contribution in [1.29, 1.82) is 5.41 Å². The molecule has 0 bridgehead atoms. The predicted molar refractivity (Wildman–Crippen MR) is 75.6 cm³/mol. The molecule has 0 saturated heterocycles. The zero-order valence-electron chi connectivity index (χ0n) is 10.5. The zero-order chi connectivity index (χ0) is 15.6. The minimum absolute atomic E-state index is 0.0000926. The lowest BCUT2D eigenvalue weighted by Gasteiger charge is -2.11. The summed E-state index contributed by atoms with van der Waals surface area (Å²) in [5, 5.41) is 18.4. The summed E-state index contributed by atoms with van der Waals surface area (Å²) in [6.07, 6.45) is 0. The smallest absolute Gasteiger partial charge is 0.313 e. The van der Waals surface area contributed by atoms with Gasteiger partial charge in [0.2, 0.25) is 5.75 Å². The molecule has 0 aliphatic carbocycles. The summed E-state index contributed by atoms with van der Waals surface area (Å²) >= 11 is 5.90. The average molecular weight is 310 g/mol. The Morgan fingerprint density at radius 1 is 1.38 bits per heavy atom. The van der Waals surface area contributed by atoms with Crippen molar-refractivity contribution < 1.29 is 14.1 Å². The fraction of sp³-hybridized carbons (Fsp3) is 0. The molecule has 2 rings (SSSR count). The van der Waals surface area contributed by atoms with Crippen molar-refractivity contribution in [3.05, 3.63) is 62.9 Å². The van der Waals surface area contributed by atoms with Gasteiger partial charge in [-0.3, -0.25) is 15.5 Å². The lowest BCUT2D eigenvalue weighted by molar-refractivity contribution is -0.385. The predicted octanol–water partition coefficient (Wildman–Crippen LogP) is 3.46. The topological polar surface area (TPSA) is 102 Å². The molecule has 0 spiro atoms. The van der Waals surface area contributed by atoms with E-state index in [4.69, 9.17) is 27.5 Å². The quantitative estimate of drug-likeness (QED) is 0.390. The van der Waals surface area contributed by atoms with Gasteiger partial charge in [0.25, 0.3) is 0 Å². The molecular formula is C13H9ClFN3O3. The summed E-state index contributed by atoms with van der Waals surface area (Å²) in [5.74, 6) is -1.24. The second-order valence-corrected chi connectivity index (χ2v) is 4.41. The molecule has 108 valence electrons. The van der Waals surface area contributed by atoms with Crippen LogP contribution in [0.3, 0.4) is 0 Å². The highest BCUT2D eigenvalue weighted by Gasteiger charge is 2.20. The van der Waals surface area contributed by atoms with Crippen LogP contribution in [0, 0.1) is 21.3 Å². The van der Waals surface area contributed by atoms with Crippen LogP contribution in [0.2, 0.25) is 5.02 Å². The minimum Gasteiger partial charge on any atom is -0.448 e. The maximum Gasteiger partial charge on any atom is 0.313 e. The van der Waals surface area contributed by atoms with E-state index >= 15 is 0 Å². The molecule has 0 heterocycles. The van der Waals surface area contributed by atoms with Crippen LogP contribution in [0.5, 0.6) is 11.5 Å². The Morgan fingerprint density at radius 2 is 2.10 bits per heavy atom. The van der Waals surface area contributed by atoms with E-state index in [0.29, 0.717) is 0 Å². The number of benzene rings is 2. The molecule has 0 aliphatic rings. The van der Waals surface area contributed by atoms with Crippen molar-refractivity contribution in [3.63, 3.8) is 0 Å². The third-order valence-electron chi connectivity index (χ3n) is 2.59. The maximum absolute atomic E-state index is 13.2. The fourth-order valence-electron chi connectivity index (χ4n) is 1.65. The van der Waals surface area contributed by atoms with Crippen molar-refractivity contribution in [2.75, 3.05) is 0 Å². The Labute approximate surface area is 123 Å². The number of halogens is 2. The van der Waals surface area contributed by atoms with Crippen molar-refractivity contribution in [1.82, 2.24) is 0 Å². The van der Waals surface area contributed by atoms with Crippen LogP contribution in [-0.2, 0) is 0 Å². The number of nitrogens with one attached hydrogen (secondary N) is 1. The molecule has 2 aromatic carbocycles. The number of nitro benzene ring substituents is 1. The van der Waals surface area contributed by atoms with Crippen molar-refractivity contribution in [2.24, 2.45) is 5.73 Å². The number of ether oxygens (including phenoxy) is 1. The molecule has 0 atom stereocenters. The first kappa shape index (κ1) is 14.7. The number of rotatable bonds is 4. The van der Waals surface area contributed by atoms with E-state index in [9.17, 15) is 14.5 Å². The Kier molecular flexibility index (Phi) is 4.04. The Balaban J connectivity index is 2.53. The Hall–Kier alpha value is -2.67. The van der Waals surface area contributed by atoms with Crippen LogP contribution in [0.25, 0.3) is 0 Å². The number of nitrogens with two attached hydrogens (primary N) is 1. The number of amidine groups is 1. The van der Waals surface area contributed by atoms with E-state index in [1.807, 2.05) is 0 Å². The molecule has 21 heavy (non-hydrogen) atoms. The largest absolute Gasteiger partial charge is 0.448 e. The van der Waals surface area contributed by atoms with E-state index in [2.05, 4.69) is 0 Å². The van der Waals surface area contributed by atoms with Gasteiger partial charge in [-0.1, -0.05) is 17.7 Å². The molecule has 0 radical (unpaired) electrons. The fourth-order valence-corrected chi connectivity index (χ4v) is 1.86. The lowest BCUT2D eigenvalue weighted by Crippen LogP contribution is -2.12. The maximum atomic E-state index is 13.2. The third-order valence-corrected chi connectivity index (χ3v) is 2.88. The normalized spacial score (nSPS) is 10.2. The molecule has 0 unspecified atom stereocenters. The van der Waals surface area contributed by atoms with Crippen LogP contribution in [0.1, 0.15) is 5.56 Å². The van der Waals surface area contributed by atoms with E-state index in [0.717, 1.165) is 12.1 Å². The number of nitro groups is 1. The first-order chi connectivity index (χ1) is 9.90. The standard InChI is InChI=1S/C13H9ClFN3O3/c14-9-2-1-3-10(18(19)20)12(9)21-11-5-4-7(15)6-8(11)13(16)17/h1-6H,(H3,16,17). The van der Waals surface area contributed by atoms with Crippen molar-refractivity contribution in [3.8, 4) is 11.5 Å². The molecule has 2 aromatic rings. The van der Waals surface area contributed by atoms with Gasteiger partial charge < -0.3 is 10.5 Å². The van der Waals surface area contributed by atoms with Gasteiger partial charge in [-0.2, -0.15) is 0 Å². The molecule has 6 nitrogen and oxygen atoms in total. The molecule has 8 heteroatoms. The van der Waals surface area contributed by atoms with E-state index in [1.165, 1.54) is 24.3 Å². The molecule has 0 saturated carbocycles. The second kappa shape index (κ2) is 5.76. The highest BCUT2D eigenvalue weighted by Crippen LogP contribution is 2.38. The summed E-state index contributed by atoms with van der Waals surface area (Å²) in [4.78, 5) is 10.3. The highest BCUT2D eigenvalue weighted by atomic mass is 35.5. The Morgan fingerprint density at radius 3 is 2.71 bits per heavy atom. The molecule has 3 N–H and O–H groups in total. The molecule has 0 aliphatic heterocycles. The first-order valence-electron chi connectivity index (χ1n) is 5.65. The second-order valence-electron chi connectivity index (χ2n) is 4.00. The number of hydrogen-bond donors (Lipinski definition) is 2. The zero-order valence-corrected chi connectivity index (χ0v) is 11.2. The first-order valence-corrected chi connectivity index (χ1v) is 6.02. The third kappa shape index (κ3) is 3.09. The average Bonchev–Trinajstić information content (AvgIpc) is 2.42. The van der Waals surface area contributed by atoms with E-state index in [1.54, 1.807) is 0 Å². The van der Waals surface area contributed by atoms with Gasteiger partial charge in [0, 0.05) is 6.07 Å². The minimum atomic E-state index is -0.655. The molecule has 0 amide bonds. The summed E-state index contributed by atoms with van der Waals surface area (Å²) in [5.41, 5.74) is 4.97. The molecular weight excluding hydrogens is 301 g/mol.